The quantitative estimate of drug-likeness (QED) is 0.862. The Bertz CT molecular complexity index is 564. The zero-order chi connectivity index (χ0) is 14.0. The van der Waals surface area contributed by atoms with Crippen molar-refractivity contribution in [3.05, 3.63) is 29.8 Å². The van der Waals surface area contributed by atoms with Crippen LogP contribution in [0.5, 0.6) is 0 Å². The summed E-state index contributed by atoms with van der Waals surface area (Å²) in [5.74, 6) is -1.60. The SMILES string of the molecule is CN1CC(C(=O)O)CN(c2ccccc2C#N)C1=O. The number of para-hydroxylation sites is 1. The maximum absolute atomic E-state index is 12.1. The summed E-state index contributed by atoms with van der Waals surface area (Å²) in [6, 6.07) is 8.39. The summed E-state index contributed by atoms with van der Waals surface area (Å²) in [6.45, 7) is 0.261. The number of carboxylic acids is 1. The van der Waals surface area contributed by atoms with E-state index in [0.717, 1.165) is 0 Å². The Morgan fingerprint density at radius 2 is 2.11 bits per heavy atom. The number of rotatable bonds is 2. The van der Waals surface area contributed by atoms with Crippen LogP contribution in [0.2, 0.25) is 0 Å². The molecule has 1 aliphatic rings. The van der Waals surface area contributed by atoms with E-state index in [9.17, 15) is 9.59 Å². The van der Waals surface area contributed by atoms with Gasteiger partial charge in [-0.15, -0.1) is 0 Å². The maximum Gasteiger partial charge on any atom is 0.324 e. The molecule has 1 fully saturated rings. The lowest BCUT2D eigenvalue weighted by Crippen LogP contribution is -2.54. The van der Waals surface area contributed by atoms with Crippen LogP contribution in [0.1, 0.15) is 5.56 Å². The van der Waals surface area contributed by atoms with Crippen molar-refractivity contribution in [3.8, 4) is 6.07 Å². The van der Waals surface area contributed by atoms with Gasteiger partial charge in [-0.1, -0.05) is 12.1 Å². The second-order valence-corrected chi connectivity index (χ2v) is 4.44. The van der Waals surface area contributed by atoms with E-state index in [-0.39, 0.29) is 19.1 Å². The molecule has 2 amide bonds. The number of benzene rings is 1. The number of nitriles is 1. The standard InChI is InChI=1S/C13H13N3O3/c1-15-7-10(12(17)18)8-16(13(15)19)11-5-3-2-4-9(11)6-14/h2-5,10H,7-8H2,1H3,(H,17,18). The third-order valence-corrected chi connectivity index (χ3v) is 3.12. The normalized spacial score (nSPS) is 19.2. The lowest BCUT2D eigenvalue weighted by Gasteiger charge is -2.36. The molecule has 1 atom stereocenters. The number of nitrogens with zero attached hydrogens (tertiary/aromatic N) is 3. The summed E-state index contributed by atoms with van der Waals surface area (Å²) < 4.78 is 0. The van der Waals surface area contributed by atoms with E-state index in [4.69, 9.17) is 10.4 Å². The fraction of sp³-hybridized carbons (Fsp3) is 0.308. The maximum atomic E-state index is 12.1. The lowest BCUT2D eigenvalue weighted by molar-refractivity contribution is -0.141. The Kier molecular flexibility index (Phi) is 3.38. The predicted molar refractivity (Wildman–Crippen MR) is 67.7 cm³/mol. The van der Waals surface area contributed by atoms with Crippen LogP contribution in [-0.4, -0.2) is 42.1 Å². The van der Waals surface area contributed by atoms with E-state index in [1.807, 2.05) is 6.07 Å². The molecule has 0 saturated carbocycles. The first-order chi connectivity index (χ1) is 9.04. The molecule has 1 saturated heterocycles. The minimum Gasteiger partial charge on any atom is -0.481 e. The molecule has 2 rings (SSSR count). The highest BCUT2D eigenvalue weighted by atomic mass is 16.4. The first kappa shape index (κ1) is 12.9. The Morgan fingerprint density at radius 3 is 2.74 bits per heavy atom. The van der Waals surface area contributed by atoms with Crippen molar-refractivity contribution in [1.82, 2.24) is 4.90 Å². The van der Waals surface area contributed by atoms with E-state index in [2.05, 4.69) is 0 Å². The molecule has 1 unspecified atom stereocenters. The number of carbonyl (C=O) groups is 2. The van der Waals surface area contributed by atoms with E-state index < -0.39 is 11.9 Å². The van der Waals surface area contributed by atoms with E-state index in [1.165, 1.54) is 9.80 Å². The summed E-state index contributed by atoms with van der Waals surface area (Å²) in [5, 5.41) is 18.2. The minimum atomic E-state index is -0.946. The van der Waals surface area contributed by atoms with Gasteiger partial charge in [-0.25, -0.2) is 4.79 Å². The van der Waals surface area contributed by atoms with Crippen LogP contribution >= 0.6 is 0 Å². The van der Waals surface area contributed by atoms with Crippen LogP contribution in [0.15, 0.2) is 24.3 Å². The van der Waals surface area contributed by atoms with Gasteiger partial charge in [0.15, 0.2) is 0 Å². The Labute approximate surface area is 110 Å². The molecule has 6 nitrogen and oxygen atoms in total. The second-order valence-electron chi connectivity index (χ2n) is 4.44. The van der Waals surface area contributed by atoms with Gasteiger partial charge in [-0.2, -0.15) is 5.26 Å². The average Bonchev–Trinajstić information content (AvgIpc) is 2.41. The van der Waals surface area contributed by atoms with Crippen molar-refractivity contribution in [2.24, 2.45) is 5.92 Å². The summed E-state index contributed by atoms with van der Waals surface area (Å²) in [6.07, 6.45) is 0. The molecule has 0 aromatic heterocycles. The second kappa shape index (κ2) is 4.98. The van der Waals surface area contributed by atoms with Crippen LogP contribution in [0, 0.1) is 17.2 Å². The number of aliphatic carboxylic acids is 1. The first-order valence-electron chi connectivity index (χ1n) is 5.79. The molecule has 0 spiro atoms. The molecular formula is C13H13N3O3. The fourth-order valence-corrected chi connectivity index (χ4v) is 2.13. The Balaban J connectivity index is 2.39. The highest BCUT2D eigenvalue weighted by Gasteiger charge is 2.35. The number of urea groups is 1. The number of hydrogen-bond donors (Lipinski definition) is 1. The van der Waals surface area contributed by atoms with E-state index in [0.29, 0.717) is 11.3 Å². The van der Waals surface area contributed by atoms with Gasteiger partial charge in [0.1, 0.15) is 6.07 Å². The van der Waals surface area contributed by atoms with Crippen LogP contribution < -0.4 is 4.90 Å². The van der Waals surface area contributed by atoms with Crippen molar-refractivity contribution < 1.29 is 14.7 Å². The molecule has 1 N–H and O–H groups in total. The molecule has 19 heavy (non-hydrogen) atoms. The third-order valence-electron chi connectivity index (χ3n) is 3.12. The Hall–Kier alpha value is -2.55. The predicted octanol–water partition coefficient (Wildman–Crippen LogP) is 1.13. The van der Waals surface area contributed by atoms with Crippen LogP contribution in [0.3, 0.4) is 0 Å². The molecule has 0 aliphatic carbocycles. The van der Waals surface area contributed by atoms with Gasteiger partial charge in [0.2, 0.25) is 0 Å². The van der Waals surface area contributed by atoms with Crippen LogP contribution in [-0.2, 0) is 4.79 Å². The largest absolute Gasteiger partial charge is 0.481 e. The molecule has 98 valence electrons. The van der Waals surface area contributed by atoms with Gasteiger partial charge in [-0.05, 0) is 12.1 Å². The number of hydrogen-bond acceptors (Lipinski definition) is 3. The molecule has 0 bridgehead atoms. The number of carboxylic acid groups (broad SMARTS) is 1. The number of anilines is 1. The van der Waals surface area contributed by atoms with Crippen LogP contribution in [0.4, 0.5) is 10.5 Å². The van der Waals surface area contributed by atoms with Gasteiger partial charge in [0.05, 0.1) is 17.2 Å². The lowest BCUT2D eigenvalue weighted by atomic mass is 10.0. The van der Waals surface area contributed by atoms with E-state index in [1.54, 1.807) is 31.3 Å². The third kappa shape index (κ3) is 2.36. The summed E-state index contributed by atoms with van der Waals surface area (Å²) in [4.78, 5) is 25.9. The summed E-state index contributed by atoms with van der Waals surface area (Å²) in [5.41, 5.74) is 0.808. The smallest absolute Gasteiger partial charge is 0.324 e. The van der Waals surface area contributed by atoms with Crippen LogP contribution in [0.25, 0.3) is 0 Å². The summed E-state index contributed by atoms with van der Waals surface area (Å²) in [7, 11) is 1.55. The number of carbonyl (C=O) groups excluding carboxylic acids is 1. The van der Waals surface area contributed by atoms with Crippen molar-refractivity contribution in [3.63, 3.8) is 0 Å². The minimum absolute atomic E-state index is 0.0806. The zero-order valence-electron chi connectivity index (χ0n) is 10.4. The van der Waals surface area contributed by atoms with Gasteiger partial charge >= 0.3 is 12.0 Å². The van der Waals surface area contributed by atoms with Crippen molar-refractivity contribution >= 4 is 17.7 Å². The highest BCUT2D eigenvalue weighted by Crippen LogP contribution is 2.25. The molecule has 6 heteroatoms. The fourth-order valence-electron chi connectivity index (χ4n) is 2.13. The monoisotopic (exact) mass is 259 g/mol. The zero-order valence-corrected chi connectivity index (χ0v) is 10.4. The molecule has 0 radical (unpaired) electrons. The summed E-state index contributed by atoms with van der Waals surface area (Å²) >= 11 is 0. The van der Waals surface area contributed by atoms with Crippen molar-refractivity contribution in [2.75, 3.05) is 25.0 Å². The first-order valence-corrected chi connectivity index (χ1v) is 5.79. The molecule has 1 aromatic rings. The van der Waals surface area contributed by atoms with Gasteiger partial charge < -0.3 is 10.0 Å². The molecule has 1 aliphatic heterocycles. The van der Waals surface area contributed by atoms with E-state index >= 15 is 0 Å². The number of amides is 2. The molecule has 1 heterocycles. The topological polar surface area (TPSA) is 84.6 Å². The van der Waals surface area contributed by atoms with Gasteiger partial charge in [0, 0.05) is 20.1 Å². The molecular weight excluding hydrogens is 246 g/mol. The van der Waals surface area contributed by atoms with Gasteiger partial charge in [0.25, 0.3) is 0 Å². The van der Waals surface area contributed by atoms with Crippen molar-refractivity contribution in [2.45, 2.75) is 0 Å². The van der Waals surface area contributed by atoms with Gasteiger partial charge in [-0.3, -0.25) is 9.69 Å². The molecule has 1 aromatic carbocycles. The average molecular weight is 259 g/mol. The Morgan fingerprint density at radius 1 is 1.42 bits per heavy atom. The highest BCUT2D eigenvalue weighted by molar-refractivity contribution is 5.95. The van der Waals surface area contributed by atoms with Crippen molar-refractivity contribution in [1.29, 1.82) is 5.26 Å².